The number of rotatable bonds is 6. The van der Waals surface area contributed by atoms with Gasteiger partial charge in [0.15, 0.2) is 16.6 Å². The highest BCUT2D eigenvalue weighted by Crippen LogP contribution is 2.28. The number of carbonyl (C=O) groups is 1. The molecule has 0 aliphatic carbocycles. The van der Waals surface area contributed by atoms with Gasteiger partial charge in [-0.25, -0.2) is 4.79 Å². The number of nitrogens with zero attached hydrogens (tertiary/aromatic N) is 1. The van der Waals surface area contributed by atoms with Crippen molar-refractivity contribution in [3.05, 3.63) is 59.7 Å². The molecule has 0 atom stereocenters. The fourth-order valence-corrected chi connectivity index (χ4v) is 1.91. The summed E-state index contributed by atoms with van der Waals surface area (Å²) in [5.74, 6) is 0.333. The lowest BCUT2D eigenvalue weighted by atomic mass is 10.2. The van der Waals surface area contributed by atoms with Gasteiger partial charge in [0.05, 0.1) is 18.4 Å². The van der Waals surface area contributed by atoms with Crippen LogP contribution in [-0.4, -0.2) is 23.9 Å². The van der Waals surface area contributed by atoms with Crippen molar-refractivity contribution in [3.8, 4) is 11.5 Å². The molecule has 0 unspecified atom stereocenters. The summed E-state index contributed by atoms with van der Waals surface area (Å²) in [5.41, 5.74) is 8.96. The standard InChI is InChI=1S/C17H17N3O3S/c1-2-22-15-10-12(11-19-20-17(18)24)8-9-14(15)23-16(21)13-6-4-3-5-7-13/h3-11H,2H2,1H3,(H3,18,20,24). The second-order valence-electron chi connectivity index (χ2n) is 4.63. The second-order valence-corrected chi connectivity index (χ2v) is 5.07. The predicted octanol–water partition coefficient (Wildman–Crippen LogP) is 2.47. The fourth-order valence-electron chi connectivity index (χ4n) is 1.86. The number of carbonyl (C=O) groups excluding carboxylic acids is 1. The van der Waals surface area contributed by atoms with Gasteiger partial charge in [0, 0.05) is 0 Å². The third-order valence-corrected chi connectivity index (χ3v) is 2.96. The Morgan fingerprint density at radius 2 is 2.00 bits per heavy atom. The molecule has 0 aliphatic heterocycles. The molecule has 0 radical (unpaired) electrons. The minimum Gasteiger partial charge on any atom is -0.490 e. The third-order valence-electron chi connectivity index (χ3n) is 2.87. The molecular formula is C17H17N3O3S. The van der Waals surface area contributed by atoms with Crippen LogP contribution in [0.2, 0.25) is 0 Å². The molecule has 24 heavy (non-hydrogen) atoms. The summed E-state index contributed by atoms with van der Waals surface area (Å²) in [5, 5.41) is 3.95. The van der Waals surface area contributed by atoms with E-state index in [0.29, 0.717) is 23.7 Å². The van der Waals surface area contributed by atoms with Crippen LogP contribution in [0.3, 0.4) is 0 Å². The second kappa shape index (κ2) is 8.64. The van der Waals surface area contributed by atoms with E-state index in [9.17, 15) is 4.79 Å². The Hall–Kier alpha value is -2.93. The Kier molecular flexibility index (Phi) is 6.27. The van der Waals surface area contributed by atoms with E-state index in [2.05, 4.69) is 22.7 Å². The average Bonchev–Trinajstić information content (AvgIpc) is 2.57. The Labute approximate surface area is 145 Å². The maximum absolute atomic E-state index is 12.2. The lowest BCUT2D eigenvalue weighted by molar-refractivity contribution is 0.0728. The molecule has 7 heteroatoms. The van der Waals surface area contributed by atoms with Gasteiger partial charge < -0.3 is 15.2 Å². The lowest BCUT2D eigenvalue weighted by Gasteiger charge is -2.11. The quantitative estimate of drug-likeness (QED) is 0.275. The maximum atomic E-state index is 12.2. The molecule has 0 fully saturated rings. The first-order valence-corrected chi connectivity index (χ1v) is 7.63. The smallest absolute Gasteiger partial charge is 0.343 e. The van der Waals surface area contributed by atoms with E-state index >= 15 is 0 Å². The summed E-state index contributed by atoms with van der Waals surface area (Å²) in [7, 11) is 0. The molecular weight excluding hydrogens is 326 g/mol. The lowest BCUT2D eigenvalue weighted by Crippen LogP contribution is -2.23. The van der Waals surface area contributed by atoms with Crippen LogP contribution in [0, 0.1) is 0 Å². The number of nitrogens with two attached hydrogens (primary N) is 1. The molecule has 0 spiro atoms. The first kappa shape index (κ1) is 17.4. The number of ether oxygens (including phenoxy) is 2. The fraction of sp³-hybridized carbons (Fsp3) is 0.118. The molecule has 2 aromatic rings. The largest absolute Gasteiger partial charge is 0.490 e. The van der Waals surface area contributed by atoms with Gasteiger partial charge in [-0.05, 0) is 55.0 Å². The van der Waals surface area contributed by atoms with E-state index in [1.807, 2.05) is 13.0 Å². The highest BCUT2D eigenvalue weighted by Gasteiger charge is 2.12. The van der Waals surface area contributed by atoms with Crippen LogP contribution in [0.1, 0.15) is 22.8 Å². The summed E-state index contributed by atoms with van der Waals surface area (Å²) in [6.07, 6.45) is 1.53. The van der Waals surface area contributed by atoms with Crippen molar-refractivity contribution in [3.63, 3.8) is 0 Å². The zero-order valence-electron chi connectivity index (χ0n) is 13.1. The van der Waals surface area contributed by atoms with Crippen molar-refractivity contribution in [2.45, 2.75) is 6.92 Å². The van der Waals surface area contributed by atoms with Gasteiger partial charge in [-0.15, -0.1) is 0 Å². The number of esters is 1. The van der Waals surface area contributed by atoms with Crippen molar-refractivity contribution >= 4 is 29.5 Å². The number of hydrogen-bond donors (Lipinski definition) is 2. The van der Waals surface area contributed by atoms with Crippen LogP contribution in [0.5, 0.6) is 11.5 Å². The van der Waals surface area contributed by atoms with Gasteiger partial charge in [0.1, 0.15) is 0 Å². The van der Waals surface area contributed by atoms with E-state index in [1.165, 1.54) is 6.21 Å². The van der Waals surface area contributed by atoms with Crippen LogP contribution in [0.25, 0.3) is 0 Å². The predicted molar refractivity (Wildman–Crippen MR) is 96.5 cm³/mol. The maximum Gasteiger partial charge on any atom is 0.343 e. The van der Waals surface area contributed by atoms with E-state index in [-0.39, 0.29) is 5.11 Å². The van der Waals surface area contributed by atoms with Gasteiger partial charge in [-0.3, -0.25) is 5.43 Å². The number of benzene rings is 2. The van der Waals surface area contributed by atoms with Crippen LogP contribution in [0.15, 0.2) is 53.6 Å². The van der Waals surface area contributed by atoms with Crippen LogP contribution in [-0.2, 0) is 0 Å². The highest BCUT2D eigenvalue weighted by molar-refractivity contribution is 7.80. The molecule has 124 valence electrons. The molecule has 3 N–H and O–H groups in total. The van der Waals surface area contributed by atoms with Crippen molar-refractivity contribution in [2.75, 3.05) is 6.61 Å². The highest BCUT2D eigenvalue weighted by atomic mass is 32.1. The Balaban J connectivity index is 2.18. The van der Waals surface area contributed by atoms with E-state index in [0.717, 1.165) is 5.56 Å². The van der Waals surface area contributed by atoms with Gasteiger partial charge in [0.2, 0.25) is 0 Å². The van der Waals surface area contributed by atoms with E-state index in [4.69, 9.17) is 15.2 Å². The van der Waals surface area contributed by atoms with Crippen molar-refractivity contribution in [1.29, 1.82) is 0 Å². The number of nitrogens with one attached hydrogen (secondary N) is 1. The third kappa shape index (κ3) is 5.06. The monoisotopic (exact) mass is 343 g/mol. The summed E-state index contributed by atoms with van der Waals surface area (Å²) in [6.45, 7) is 2.28. The van der Waals surface area contributed by atoms with Crippen LogP contribution < -0.4 is 20.6 Å². The SMILES string of the molecule is CCOc1cc(C=NNC(N)=S)ccc1OC(=O)c1ccccc1. The minimum absolute atomic E-state index is 0.0738. The molecule has 0 bridgehead atoms. The van der Waals surface area contributed by atoms with Gasteiger partial charge in [-0.1, -0.05) is 18.2 Å². The summed E-state index contributed by atoms with van der Waals surface area (Å²) < 4.78 is 10.9. The molecule has 0 saturated heterocycles. The zero-order chi connectivity index (χ0) is 17.4. The molecule has 0 saturated carbocycles. The summed E-state index contributed by atoms with van der Waals surface area (Å²) >= 11 is 4.66. The van der Waals surface area contributed by atoms with Gasteiger partial charge >= 0.3 is 5.97 Å². The Bertz CT molecular complexity index is 748. The molecule has 0 aromatic heterocycles. The molecule has 0 heterocycles. The molecule has 2 aromatic carbocycles. The van der Waals surface area contributed by atoms with Gasteiger partial charge in [0.25, 0.3) is 0 Å². The van der Waals surface area contributed by atoms with E-state index < -0.39 is 5.97 Å². The number of hydrazone groups is 1. The first-order chi connectivity index (χ1) is 11.6. The zero-order valence-corrected chi connectivity index (χ0v) is 13.9. The van der Waals surface area contributed by atoms with E-state index in [1.54, 1.807) is 42.5 Å². The van der Waals surface area contributed by atoms with Crippen LogP contribution in [0.4, 0.5) is 0 Å². The molecule has 0 amide bonds. The van der Waals surface area contributed by atoms with Crippen LogP contribution >= 0.6 is 12.2 Å². The molecule has 2 rings (SSSR count). The minimum atomic E-state index is -0.451. The topological polar surface area (TPSA) is 85.9 Å². The van der Waals surface area contributed by atoms with Crippen molar-refractivity contribution in [2.24, 2.45) is 10.8 Å². The average molecular weight is 343 g/mol. The first-order valence-electron chi connectivity index (χ1n) is 7.22. The molecule has 0 aliphatic rings. The van der Waals surface area contributed by atoms with Crippen molar-refractivity contribution < 1.29 is 14.3 Å². The normalized spacial score (nSPS) is 10.4. The van der Waals surface area contributed by atoms with Gasteiger partial charge in [-0.2, -0.15) is 5.10 Å². The Morgan fingerprint density at radius 3 is 2.67 bits per heavy atom. The number of hydrogen-bond acceptors (Lipinski definition) is 5. The molecule has 6 nitrogen and oxygen atoms in total. The van der Waals surface area contributed by atoms with Crippen molar-refractivity contribution in [1.82, 2.24) is 5.43 Å². The summed E-state index contributed by atoms with van der Waals surface area (Å²) in [4.78, 5) is 12.2. The summed E-state index contributed by atoms with van der Waals surface area (Å²) in [6, 6.07) is 13.8. The Morgan fingerprint density at radius 1 is 1.25 bits per heavy atom. The number of thiocarbonyl (C=S) groups is 1.